The molecule has 0 atom stereocenters. The van der Waals surface area contributed by atoms with Crippen LogP contribution in [0, 0.1) is 6.92 Å². The number of hydrogen-bond donors (Lipinski definition) is 0. The third-order valence-electron chi connectivity index (χ3n) is 5.00. The molecule has 0 saturated heterocycles. The van der Waals surface area contributed by atoms with Gasteiger partial charge in [-0.2, -0.15) is 0 Å². The second-order valence-electron chi connectivity index (χ2n) is 6.87. The lowest BCUT2D eigenvalue weighted by atomic mass is 10.0. The molecule has 4 rings (SSSR count). The zero-order chi connectivity index (χ0) is 18.3. The first kappa shape index (κ1) is 16.8. The Bertz CT molecular complexity index is 989. The molecule has 0 amide bonds. The van der Waals surface area contributed by atoms with E-state index in [-0.39, 0.29) is 5.83 Å². The quantitative estimate of drug-likeness (QED) is 0.706. The standard InChI is InChI=1S/C21H22FN3O/c1-14-4-6-19-16(10-14)17-12-24(2)9-8-20(17)25(19)13-18(22)15-5-7-21(26-3)23-11-15/h4-7,10-11,13H,8-9,12H2,1-3H3/b18-13-. The molecule has 3 aromatic rings. The van der Waals surface area contributed by atoms with Crippen LogP contribution in [0.2, 0.25) is 0 Å². The van der Waals surface area contributed by atoms with E-state index in [1.165, 1.54) is 28.4 Å². The fraction of sp³-hybridized carbons (Fsp3) is 0.286. The summed E-state index contributed by atoms with van der Waals surface area (Å²) in [5, 5.41) is 1.21. The minimum Gasteiger partial charge on any atom is -0.481 e. The molecule has 1 aromatic carbocycles. The Kier molecular flexibility index (Phi) is 4.24. The molecule has 1 aliphatic heterocycles. The number of nitrogens with zero attached hydrogens (tertiary/aromatic N) is 3. The highest BCUT2D eigenvalue weighted by Crippen LogP contribution is 2.33. The largest absolute Gasteiger partial charge is 0.481 e. The smallest absolute Gasteiger partial charge is 0.212 e. The maximum atomic E-state index is 14.9. The Balaban J connectivity index is 1.85. The van der Waals surface area contributed by atoms with Crippen LogP contribution in [-0.2, 0) is 13.0 Å². The summed E-state index contributed by atoms with van der Waals surface area (Å²) in [4.78, 5) is 6.41. The highest BCUT2D eigenvalue weighted by Gasteiger charge is 2.22. The van der Waals surface area contributed by atoms with Gasteiger partial charge in [-0.1, -0.05) is 11.6 Å². The van der Waals surface area contributed by atoms with Crippen molar-refractivity contribution in [2.24, 2.45) is 0 Å². The molecule has 0 spiro atoms. The van der Waals surface area contributed by atoms with Gasteiger partial charge in [-0.25, -0.2) is 9.37 Å². The maximum Gasteiger partial charge on any atom is 0.212 e. The van der Waals surface area contributed by atoms with Crippen LogP contribution in [0.25, 0.3) is 22.9 Å². The Labute approximate surface area is 152 Å². The van der Waals surface area contributed by atoms with Crippen LogP contribution in [0.3, 0.4) is 0 Å². The van der Waals surface area contributed by atoms with Gasteiger partial charge in [-0.3, -0.25) is 0 Å². The van der Waals surface area contributed by atoms with E-state index in [4.69, 9.17) is 4.74 Å². The topological polar surface area (TPSA) is 30.3 Å². The van der Waals surface area contributed by atoms with Crippen molar-refractivity contribution < 1.29 is 9.13 Å². The van der Waals surface area contributed by atoms with Crippen molar-refractivity contribution in [3.8, 4) is 5.88 Å². The van der Waals surface area contributed by atoms with Gasteiger partial charge in [0.15, 0.2) is 0 Å². The second-order valence-corrected chi connectivity index (χ2v) is 6.87. The van der Waals surface area contributed by atoms with Gasteiger partial charge in [-0.05, 0) is 37.7 Å². The summed E-state index contributed by atoms with van der Waals surface area (Å²) in [5.41, 5.74) is 5.21. The Hall–Kier alpha value is -2.66. The summed E-state index contributed by atoms with van der Waals surface area (Å²) < 4.78 is 22.0. The predicted octanol–water partition coefficient (Wildman–Crippen LogP) is 4.27. The number of hydrogen-bond acceptors (Lipinski definition) is 3. The lowest BCUT2D eigenvalue weighted by Crippen LogP contribution is -2.26. The van der Waals surface area contributed by atoms with E-state index in [9.17, 15) is 4.39 Å². The van der Waals surface area contributed by atoms with E-state index in [2.05, 4.69) is 42.1 Å². The lowest BCUT2D eigenvalue weighted by Gasteiger charge is -2.23. The van der Waals surface area contributed by atoms with Crippen LogP contribution in [0.5, 0.6) is 5.88 Å². The summed E-state index contributed by atoms with van der Waals surface area (Å²) in [6.07, 6.45) is 4.00. The summed E-state index contributed by atoms with van der Waals surface area (Å²) in [7, 11) is 3.67. The van der Waals surface area contributed by atoms with Gasteiger partial charge < -0.3 is 14.2 Å². The number of pyridine rings is 1. The summed E-state index contributed by atoms with van der Waals surface area (Å²) >= 11 is 0. The normalized spacial score (nSPS) is 15.3. The number of methoxy groups -OCH3 is 1. The summed E-state index contributed by atoms with van der Waals surface area (Å²) in [6, 6.07) is 9.72. The summed E-state index contributed by atoms with van der Waals surface area (Å²) in [6.45, 7) is 3.96. The van der Waals surface area contributed by atoms with Gasteiger partial charge in [-0.15, -0.1) is 0 Å². The molecule has 4 nitrogen and oxygen atoms in total. The number of aryl methyl sites for hydroxylation is 1. The van der Waals surface area contributed by atoms with E-state index in [1.807, 2.05) is 4.57 Å². The molecule has 0 saturated carbocycles. The molecule has 2 aromatic heterocycles. The highest BCUT2D eigenvalue weighted by atomic mass is 19.1. The monoisotopic (exact) mass is 351 g/mol. The van der Waals surface area contributed by atoms with Crippen molar-refractivity contribution in [3.05, 3.63) is 58.9 Å². The predicted molar refractivity (Wildman–Crippen MR) is 103 cm³/mol. The second kappa shape index (κ2) is 6.57. The van der Waals surface area contributed by atoms with E-state index >= 15 is 0 Å². The van der Waals surface area contributed by atoms with E-state index in [1.54, 1.807) is 25.4 Å². The van der Waals surface area contributed by atoms with E-state index < -0.39 is 0 Å². The third-order valence-corrected chi connectivity index (χ3v) is 5.00. The molecule has 5 heteroatoms. The van der Waals surface area contributed by atoms with Crippen molar-refractivity contribution in [1.82, 2.24) is 14.5 Å². The number of likely N-dealkylation sites (N-methyl/N-ethyl adjacent to an activating group) is 1. The number of aromatic nitrogens is 2. The van der Waals surface area contributed by atoms with Crippen LogP contribution in [-0.4, -0.2) is 35.2 Å². The third kappa shape index (κ3) is 2.88. The number of benzene rings is 1. The minimum absolute atomic E-state index is 0.306. The average Bonchev–Trinajstić information content (AvgIpc) is 2.94. The van der Waals surface area contributed by atoms with Crippen molar-refractivity contribution in [2.75, 3.05) is 20.7 Å². The Morgan fingerprint density at radius 2 is 2.12 bits per heavy atom. The van der Waals surface area contributed by atoms with Crippen LogP contribution in [0.15, 0.2) is 36.5 Å². The Morgan fingerprint density at radius 1 is 1.27 bits per heavy atom. The molecule has 0 radical (unpaired) electrons. The van der Waals surface area contributed by atoms with Crippen LogP contribution in [0.4, 0.5) is 4.39 Å². The first-order valence-electron chi connectivity index (χ1n) is 8.75. The van der Waals surface area contributed by atoms with Crippen molar-refractivity contribution >= 4 is 22.9 Å². The molecule has 0 fully saturated rings. The molecule has 134 valence electrons. The molecule has 0 aliphatic carbocycles. The average molecular weight is 351 g/mol. The molecule has 0 N–H and O–H groups in total. The van der Waals surface area contributed by atoms with Gasteiger partial charge in [0.25, 0.3) is 0 Å². The minimum atomic E-state index is -0.306. The van der Waals surface area contributed by atoms with Gasteiger partial charge in [0.05, 0.1) is 12.6 Å². The van der Waals surface area contributed by atoms with Crippen LogP contribution >= 0.6 is 0 Å². The number of halogens is 1. The van der Waals surface area contributed by atoms with Crippen LogP contribution in [0.1, 0.15) is 22.4 Å². The van der Waals surface area contributed by atoms with Gasteiger partial charge >= 0.3 is 0 Å². The fourth-order valence-corrected chi connectivity index (χ4v) is 3.62. The SMILES string of the molecule is COc1ccc(/C(F)=C/n2c3c(c4cc(C)ccc42)CN(C)CC3)cn1. The van der Waals surface area contributed by atoms with Crippen LogP contribution < -0.4 is 4.74 Å². The van der Waals surface area contributed by atoms with Gasteiger partial charge in [0.2, 0.25) is 5.88 Å². The Morgan fingerprint density at radius 3 is 2.85 bits per heavy atom. The van der Waals surface area contributed by atoms with E-state index in [0.717, 1.165) is 25.0 Å². The van der Waals surface area contributed by atoms with Gasteiger partial charge in [0, 0.05) is 54.6 Å². The number of ether oxygens (including phenoxy) is 1. The molecule has 1 aliphatic rings. The van der Waals surface area contributed by atoms with Crippen molar-refractivity contribution in [2.45, 2.75) is 19.9 Å². The molecule has 26 heavy (non-hydrogen) atoms. The first-order chi connectivity index (χ1) is 12.6. The fourth-order valence-electron chi connectivity index (χ4n) is 3.62. The zero-order valence-electron chi connectivity index (χ0n) is 15.3. The van der Waals surface area contributed by atoms with E-state index in [0.29, 0.717) is 11.4 Å². The number of rotatable bonds is 3. The highest BCUT2D eigenvalue weighted by molar-refractivity contribution is 5.90. The molecule has 0 bridgehead atoms. The van der Waals surface area contributed by atoms with Crippen molar-refractivity contribution in [3.63, 3.8) is 0 Å². The molecular weight excluding hydrogens is 329 g/mol. The van der Waals surface area contributed by atoms with Crippen molar-refractivity contribution in [1.29, 1.82) is 0 Å². The van der Waals surface area contributed by atoms with Gasteiger partial charge in [0.1, 0.15) is 5.83 Å². The number of fused-ring (bicyclic) bond motifs is 3. The lowest BCUT2D eigenvalue weighted by molar-refractivity contribution is 0.312. The maximum absolute atomic E-state index is 14.9. The molecular formula is C21H22FN3O. The summed E-state index contributed by atoms with van der Waals surface area (Å²) in [5.74, 6) is 0.170. The first-order valence-corrected chi connectivity index (χ1v) is 8.75. The zero-order valence-corrected chi connectivity index (χ0v) is 15.3. The molecule has 0 unspecified atom stereocenters. The molecule has 3 heterocycles.